The minimum absolute atomic E-state index is 0.242. The molecule has 28 heavy (non-hydrogen) atoms. The second kappa shape index (κ2) is 5.96. The smallest absolute Gasteiger partial charge is 0.399 e. The lowest BCUT2D eigenvalue weighted by Gasteiger charge is -2.32. The van der Waals surface area contributed by atoms with Crippen molar-refractivity contribution in [3.05, 3.63) is 58.7 Å². The van der Waals surface area contributed by atoms with Gasteiger partial charge in [-0.05, 0) is 18.2 Å². The van der Waals surface area contributed by atoms with Crippen molar-refractivity contribution in [1.82, 2.24) is 29.8 Å². The van der Waals surface area contributed by atoms with Crippen molar-refractivity contribution in [1.29, 1.82) is 0 Å². The minimum Gasteiger partial charge on any atom is -0.399 e. The first-order chi connectivity index (χ1) is 13.4. The Labute approximate surface area is 159 Å². The van der Waals surface area contributed by atoms with Crippen molar-refractivity contribution >= 4 is 23.1 Å². The number of aromatic amines is 1. The third-order valence-corrected chi connectivity index (χ3v) is 4.85. The van der Waals surface area contributed by atoms with Crippen molar-refractivity contribution < 1.29 is 17.6 Å². The summed E-state index contributed by atoms with van der Waals surface area (Å²) >= 11 is 6.19. The second-order valence-corrected chi connectivity index (χ2v) is 6.64. The number of hydrogen-bond donors (Lipinski definition) is 1. The molecule has 0 radical (unpaired) electrons. The Hall–Kier alpha value is -3.08. The Morgan fingerprint density at radius 3 is 2.86 bits per heavy atom. The van der Waals surface area contributed by atoms with Crippen LogP contribution >= 0.6 is 11.6 Å². The second-order valence-electron chi connectivity index (χ2n) is 6.25. The van der Waals surface area contributed by atoms with Gasteiger partial charge in [0.25, 0.3) is 0 Å². The number of pyridine rings is 1. The number of halogens is 4. The quantitative estimate of drug-likeness (QED) is 0.511. The zero-order valence-corrected chi connectivity index (χ0v) is 14.7. The van der Waals surface area contributed by atoms with Gasteiger partial charge in [-0.2, -0.15) is 18.3 Å². The lowest BCUT2D eigenvalue weighted by Crippen LogP contribution is -2.37. The van der Waals surface area contributed by atoms with Crippen LogP contribution in [0.1, 0.15) is 29.0 Å². The first-order valence-corrected chi connectivity index (χ1v) is 8.63. The van der Waals surface area contributed by atoms with Crippen LogP contribution < -0.4 is 4.90 Å². The summed E-state index contributed by atoms with van der Waals surface area (Å²) in [5, 5.41) is 11.7. The van der Waals surface area contributed by atoms with Gasteiger partial charge in [0, 0.05) is 18.7 Å². The van der Waals surface area contributed by atoms with Crippen LogP contribution in [0, 0.1) is 0 Å². The van der Waals surface area contributed by atoms with Crippen LogP contribution in [0.25, 0.3) is 5.52 Å². The van der Waals surface area contributed by atoms with Gasteiger partial charge in [0.05, 0.1) is 23.2 Å². The van der Waals surface area contributed by atoms with Crippen LogP contribution in [-0.2, 0) is 12.6 Å². The van der Waals surface area contributed by atoms with Gasteiger partial charge in [0.1, 0.15) is 11.2 Å². The third-order valence-electron chi connectivity index (χ3n) is 4.57. The van der Waals surface area contributed by atoms with Gasteiger partial charge in [-0.25, -0.2) is 9.50 Å². The SMILES string of the molecule is FC(F)(F)c1nnc(N2CCc3[nH]cnc3[C@H]2c2cc3cccc(Cl)n3n2)o1. The Morgan fingerprint density at radius 2 is 2.11 bits per heavy atom. The molecular formula is C16H11ClF3N7O. The van der Waals surface area contributed by atoms with Crippen LogP contribution in [0.3, 0.4) is 0 Å². The molecular weight excluding hydrogens is 399 g/mol. The predicted molar refractivity (Wildman–Crippen MR) is 91.0 cm³/mol. The average molecular weight is 410 g/mol. The predicted octanol–water partition coefficient (Wildman–Crippen LogP) is 3.26. The molecule has 0 saturated carbocycles. The molecule has 0 aromatic carbocycles. The van der Waals surface area contributed by atoms with Crippen molar-refractivity contribution in [3.63, 3.8) is 0 Å². The molecule has 1 N–H and O–H groups in total. The molecule has 5 rings (SSSR count). The number of rotatable bonds is 2. The fourth-order valence-electron chi connectivity index (χ4n) is 3.36. The van der Waals surface area contributed by atoms with E-state index in [4.69, 9.17) is 16.0 Å². The highest BCUT2D eigenvalue weighted by Gasteiger charge is 2.41. The number of aromatic nitrogens is 6. The van der Waals surface area contributed by atoms with E-state index in [0.717, 1.165) is 11.2 Å². The molecule has 144 valence electrons. The molecule has 1 aliphatic rings. The molecule has 0 spiro atoms. The molecule has 0 aliphatic carbocycles. The van der Waals surface area contributed by atoms with Crippen molar-refractivity contribution in [3.8, 4) is 0 Å². The van der Waals surface area contributed by atoms with Crippen LogP contribution in [-0.4, -0.2) is 36.3 Å². The molecule has 0 amide bonds. The molecule has 1 aliphatic heterocycles. The van der Waals surface area contributed by atoms with E-state index in [2.05, 4.69) is 25.3 Å². The topological polar surface area (TPSA) is 88.1 Å². The number of fused-ring (bicyclic) bond motifs is 2. The standard InChI is InChI=1S/C16H11ClF3N7O/c17-11-3-1-2-8-6-10(25-27(8)11)13-12-9(21-7-22-12)4-5-26(13)15-24-23-14(28-15)16(18,19)20/h1-3,6-7,13H,4-5H2,(H,21,22)/t13-/m1/s1. The van der Waals surface area contributed by atoms with Gasteiger partial charge in [0.2, 0.25) is 0 Å². The Morgan fingerprint density at radius 1 is 1.25 bits per heavy atom. The van der Waals surface area contributed by atoms with Gasteiger partial charge < -0.3 is 14.3 Å². The van der Waals surface area contributed by atoms with E-state index in [1.54, 1.807) is 33.9 Å². The molecule has 0 bridgehead atoms. The summed E-state index contributed by atoms with van der Waals surface area (Å²) in [6.45, 7) is 0.348. The number of imidazole rings is 1. The van der Waals surface area contributed by atoms with Crippen molar-refractivity contribution in [2.75, 3.05) is 11.4 Å². The fraction of sp³-hybridized carbons (Fsp3) is 0.250. The van der Waals surface area contributed by atoms with Crippen LogP contribution in [0.2, 0.25) is 5.15 Å². The first-order valence-electron chi connectivity index (χ1n) is 8.25. The highest BCUT2D eigenvalue weighted by Crippen LogP contribution is 2.38. The zero-order valence-electron chi connectivity index (χ0n) is 14.0. The van der Waals surface area contributed by atoms with E-state index in [9.17, 15) is 13.2 Å². The maximum Gasteiger partial charge on any atom is 0.470 e. The maximum absolute atomic E-state index is 12.9. The summed E-state index contributed by atoms with van der Waals surface area (Å²) in [4.78, 5) is 8.98. The summed E-state index contributed by atoms with van der Waals surface area (Å²) in [6.07, 6.45) is -2.65. The van der Waals surface area contributed by atoms with Crippen LogP contribution in [0.15, 0.2) is 35.0 Å². The molecule has 0 saturated heterocycles. The summed E-state index contributed by atoms with van der Waals surface area (Å²) in [5.41, 5.74) is 2.80. The first kappa shape index (κ1) is 17.0. The number of anilines is 1. The van der Waals surface area contributed by atoms with Gasteiger partial charge in [0.15, 0.2) is 0 Å². The summed E-state index contributed by atoms with van der Waals surface area (Å²) < 4.78 is 45.2. The van der Waals surface area contributed by atoms with E-state index >= 15 is 0 Å². The van der Waals surface area contributed by atoms with Crippen LogP contribution in [0.4, 0.5) is 19.2 Å². The molecule has 4 aromatic rings. The van der Waals surface area contributed by atoms with Gasteiger partial charge in [-0.1, -0.05) is 22.8 Å². The Kier molecular flexibility index (Phi) is 3.63. The monoisotopic (exact) mass is 409 g/mol. The molecule has 5 heterocycles. The van der Waals surface area contributed by atoms with E-state index in [1.807, 2.05) is 6.07 Å². The van der Waals surface area contributed by atoms with Crippen molar-refractivity contribution in [2.24, 2.45) is 0 Å². The number of alkyl halides is 3. The lowest BCUT2D eigenvalue weighted by molar-refractivity contribution is -0.157. The zero-order chi connectivity index (χ0) is 19.5. The fourth-order valence-corrected chi connectivity index (χ4v) is 3.57. The minimum atomic E-state index is -4.72. The number of hydrogen-bond acceptors (Lipinski definition) is 6. The molecule has 4 aromatic heterocycles. The van der Waals surface area contributed by atoms with E-state index < -0.39 is 18.1 Å². The molecule has 12 heteroatoms. The normalized spacial score (nSPS) is 17.3. The number of nitrogens with zero attached hydrogens (tertiary/aromatic N) is 6. The highest BCUT2D eigenvalue weighted by molar-refractivity contribution is 6.29. The number of H-pyrrole nitrogens is 1. The van der Waals surface area contributed by atoms with E-state index in [-0.39, 0.29) is 6.01 Å². The maximum atomic E-state index is 12.9. The summed E-state index contributed by atoms with van der Waals surface area (Å²) in [6, 6.07) is 6.26. The molecule has 0 fully saturated rings. The van der Waals surface area contributed by atoms with Gasteiger partial charge >= 0.3 is 18.1 Å². The van der Waals surface area contributed by atoms with E-state index in [1.165, 1.54) is 0 Å². The van der Waals surface area contributed by atoms with E-state index in [0.29, 0.717) is 29.5 Å². The Balaban J connectivity index is 1.64. The third kappa shape index (κ3) is 2.61. The van der Waals surface area contributed by atoms with Crippen LogP contribution in [0.5, 0.6) is 0 Å². The largest absolute Gasteiger partial charge is 0.470 e. The Bertz CT molecular complexity index is 1160. The molecule has 0 unspecified atom stereocenters. The highest BCUT2D eigenvalue weighted by atomic mass is 35.5. The van der Waals surface area contributed by atoms with Gasteiger partial charge in [-0.15, -0.1) is 5.10 Å². The van der Waals surface area contributed by atoms with Gasteiger partial charge in [-0.3, -0.25) is 0 Å². The average Bonchev–Trinajstić information content (AvgIpc) is 3.38. The molecule has 1 atom stereocenters. The molecule has 8 nitrogen and oxygen atoms in total. The lowest BCUT2D eigenvalue weighted by atomic mass is 10.0. The summed E-state index contributed by atoms with van der Waals surface area (Å²) in [7, 11) is 0. The van der Waals surface area contributed by atoms with Crippen molar-refractivity contribution in [2.45, 2.75) is 18.6 Å². The summed E-state index contributed by atoms with van der Waals surface area (Å²) in [5.74, 6) is -1.40. The number of nitrogens with one attached hydrogen (secondary N) is 1.